The summed E-state index contributed by atoms with van der Waals surface area (Å²) in [6.45, 7) is 11.9. The summed E-state index contributed by atoms with van der Waals surface area (Å²) in [6, 6.07) is 0. The third-order valence-electron chi connectivity index (χ3n) is 17.7. The Hall–Kier alpha value is -1.94. The third kappa shape index (κ3) is 67.3. The fourth-order valence-electron chi connectivity index (χ4n) is 11.4. The van der Waals surface area contributed by atoms with Gasteiger partial charge in [-0.25, -0.2) is 9.13 Å². The molecule has 0 aliphatic rings. The Bertz CT molecular complexity index is 1840. The lowest BCUT2D eigenvalue weighted by Crippen LogP contribution is -2.30. The normalized spacial score (nSPS) is 14.4. The number of phosphoric acid groups is 2. The van der Waals surface area contributed by atoms with Gasteiger partial charge in [-0.05, 0) is 43.4 Å². The van der Waals surface area contributed by atoms with E-state index in [0.29, 0.717) is 25.7 Å². The van der Waals surface area contributed by atoms with Gasteiger partial charge in [-0.3, -0.25) is 37.3 Å². The molecule has 558 valence electrons. The number of unbranched alkanes of at least 4 members (excludes halogenated alkanes) is 40. The van der Waals surface area contributed by atoms with Gasteiger partial charge in [0, 0.05) is 25.7 Å². The Kier molecular flexibility index (Phi) is 64.3. The summed E-state index contributed by atoms with van der Waals surface area (Å²) in [5, 5.41) is 10.6. The lowest BCUT2D eigenvalue weighted by Gasteiger charge is -2.21. The molecule has 19 heteroatoms. The Balaban J connectivity index is 5.26. The Labute approximate surface area is 575 Å². The smallest absolute Gasteiger partial charge is 0.462 e. The van der Waals surface area contributed by atoms with E-state index in [9.17, 15) is 43.2 Å². The van der Waals surface area contributed by atoms with Gasteiger partial charge in [-0.1, -0.05) is 331 Å². The van der Waals surface area contributed by atoms with Crippen LogP contribution in [0.4, 0.5) is 0 Å². The van der Waals surface area contributed by atoms with Crippen LogP contribution in [-0.2, 0) is 65.4 Å². The zero-order valence-corrected chi connectivity index (χ0v) is 63.2. The Morgan fingerprint density at radius 1 is 0.309 bits per heavy atom. The van der Waals surface area contributed by atoms with Crippen LogP contribution in [0.2, 0.25) is 0 Å². The molecule has 0 spiro atoms. The van der Waals surface area contributed by atoms with Gasteiger partial charge in [-0.2, -0.15) is 0 Å². The molecule has 94 heavy (non-hydrogen) atoms. The molecule has 0 bridgehead atoms. The number of aliphatic hydroxyl groups is 1. The van der Waals surface area contributed by atoms with Crippen molar-refractivity contribution in [2.24, 2.45) is 17.8 Å². The maximum Gasteiger partial charge on any atom is 0.472 e. The number of carbonyl (C=O) groups is 4. The first-order valence-corrected chi connectivity index (χ1v) is 41.9. The minimum atomic E-state index is -4.96. The molecule has 0 aliphatic carbocycles. The van der Waals surface area contributed by atoms with Gasteiger partial charge in [0.25, 0.3) is 0 Å². The van der Waals surface area contributed by atoms with Crippen molar-refractivity contribution in [3.8, 4) is 0 Å². The molecule has 0 aliphatic heterocycles. The van der Waals surface area contributed by atoms with Crippen molar-refractivity contribution in [1.82, 2.24) is 0 Å². The molecule has 17 nitrogen and oxygen atoms in total. The number of aliphatic hydroxyl groups excluding tert-OH is 1. The molecule has 3 unspecified atom stereocenters. The third-order valence-corrected chi connectivity index (χ3v) is 19.6. The van der Waals surface area contributed by atoms with Gasteiger partial charge in [0.2, 0.25) is 0 Å². The van der Waals surface area contributed by atoms with E-state index in [1.54, 1.807) is 0 Å². The first-order chi connectivity index (χ1) is 45.3. The summed E-state index contributed by atoms with van der Waals surface area (Å²) < 4.78 is 68.5. The SMILES string of the molecule is CCCCCCCCCCCCCCCCC(=O)O[C@H](COC(=O)CCCCCCCCC(C)CC)COP(=O)(O)OC[C@H](O)COP(=O)(O)OC[C@@H](COC(=O)CCCCCCCCCCCCCCC(C)C)OC(=O)CCCCCCCCCCCCCCC(C)C. The lowest BCUT2D eigenvalue weighted by molar-refractivity contribution is -0.161. The maximum absolute atomic E-state index is 13.1. The van der Waals surface area contributed by atoms with Gasteiger partial charge in [0.05, 0.1) is 26.4 Å². The van der Waals surface area contributed by atoms with Crippen LogP contribution < -0.4 is 0 Å². The fraction of sp³-hybridized carbons (Fsp3) is 0.947. The highest BCUT2D eigenvalue weighted by Gasteiger charge is 2.30. The quantitative estimate of drug-likeness (QED) is 0.0222. The number of carbonyl (C=O) groups excluding carboxylic acids is 4. The number of phosphoric ester groups is 2. The van der Waals surface area contributed by atoms with Crippen LogP contribution in [0.5, 0.6) is 0 Å². The molecule has 0 aromatic heterocycles. The highest BCUT2D eigenvalue weighted by Crippen LogP contribution is 2.45. The van der Waals surface area contributed by atoms with Crippen LogP contribution in [0.1, 0.15) is 382 Å². The molecule has 0 fully saturated rings. The molecule has 0 heterocycles. The van der Waals surface area contributed by atoms with E-state index >= 15 is 0 Å². The molecule has 0 radical (unpaired) electrons. The van der Waals surface area contributed by atoms with Crippen LogP contribution in [0.15, 0.2) is 0 Å². The first-order valence-electron chi connectivity index (χ1n) is 38.9. The Morgan fingerprint density at radius 2 is 0.543 bits per heavy atom. The zero-order valence-electron chi connectivity index (χ0n) is 61.4. The summed E-state index contributed by atoms with van der Waals surface area (Å²) in [7, 11) is -9.91. The van der Waals surface area contributed by atoms with Crippen molar-refractivity contribution in [1.29, 1.82) is 0 Å². The predicted octanol–water partition coefficient (Wildman–Crippen LogP) is 21.8. The highest BCUT2D eigenvalue weighted by molar-refractivity contribution is 7.47. The number of hydrogen-bond donors (Lipinski definition) is 3. The second-order valence-corrected chi connectivity index (χ2v) is 31.1. The molecule has 0 amide bonds. The van der Waals surface area contributed by atoms with Crippen molar-refractivity contribution in [2.75, 3.05) is 39.6 Å². The van der Waals surface area contributed by atoms with Crippen molar-refractivity contribution in [3.63, 3.8) is 0 Å². The lowest BCUT2D eigenvalue weighted by atomic mass is 10.00. The summed E-state index contributed by atoms with van der Waals surface area (Å²) >= 11 is 0. The van der Waals surface area contributed by atoms with Crippen LogP contribution in [0, 0.1) is 17.8 Å². The van der Waals surface area contributed by atoms with Crippen molar-refractivity contribution in [3.05, 3.63) is 0 Å². The van der Waals surface area contributed by atoms with E-state index in [-0.39, 0.29) is 25.7 Å². The van der Waals surface area contributed by atoms with E-state index in [0.717, 1.165) is 114 Å². The molecular weight excluding hydrogens is 1230 g/mol. The molecule has 0 rings (SSSR count). The largest absolute Gasteiger partial charge is 0.472 e. The molecule has 0 saturated heterocycles. The second kappa shape index (κ2) is 65.7. The minimum absolute atomic E-state index is 0.107. The summed E-state index contributed by atoms with van der Waals surface area (Å²) in [6.07, 6.45) is 51.2. The second-order valence-electron chi connectivity index (χ2n) is 28.2. The fourth-order valence-corrected chi connectivity index (χ4v) is 13.0. The van der Waals surface area contributed by atoms with Gasteiger partial charge >= 0.3 is 39.5 Å². The van der Waals surface area contributed by atoms with Crippen molar-refractivity contribution in [2.45, 2.75) is 401 Å². The minimum Gasteiger partial charge on any atom is -0.462 e. The van der Waals surface area contributed by atoms with E-state index in [4.69, 9.17) is 37.0 Å². The average Bonchev–Trinajstić information content (AvgIpc) is 1.73. The standard InChI is InChI=1S/C75H146O17P2/c1-8-10-11-12-13-14-15-16-17-25-30-35-44-51-58-75(80)92-71(63-86-73(78)57-50-43-38-37-41-48-55-68(7)9-2)65-90-94(83,84)88-61-69(76)60-87-93(81,82)89-64-70(91-74(79)59-52-45-36-31-26-21-19-23-28-33-40-47-54-67(5)6)62-85-72(77)56-49-42-34-29-24-20-18-22-27-32-39-46-53-66(3)4/h66-71,76H,8-65H2,1-7H3,(H,81,82)(H,83,84)/t68?,69-,70-,71-/m1/s1. The number of ether oxygens (including phenoxy) is 4. The van der Waals surface area contributed by atoms with E-state index < -0.39 is 97.5 Å². The summed E-state index contributed by atoms with van der Waals surface area (Å²) in [5.41, 5.74) is 0. The molecule has 6 atom stereocenters. The van der Waals surface area contributed by atoms with E-state index in [1.165, 1.54) is 186 Å². The molecule has 0 aromatic carbocycles. The number of rotatable bonds is 73. The maximum atomic E-state index is 13.1. The molecular formula is C75H146O17P2. The van der Waals surface area contributed by atoms with Gasteiger partial charge in [0.15, 0.2) is 12.2 Å². The van der Waals surface area contributed by atoms with Crippen LogP contribution >= 0.6 is 15.6 Å². The van der Waals surface area contributed by atoms with Crippen molar-refractivity contribution >= 4 is 39.5 Å². The van der Waals surface area contributed by atoms with Gasteiger partial charge < -0.3 is 33.8 Å². The monoisotopic (exact) mass is 1380 g/mol. The number of hydrogen-bond acceptors (Lipinski definition) is 15. The topological polar surface area (TPSA) is 237 Å². The first kappa shape index (κ1) is 92.1. The number of esters is 4. The van der Waals surface area contributed by atoms with Gasteiger partial charge in [0.1, 0.15) is 19.3 Å². The van der Waals surface area contributed by atoms with Crippen LogP contribution in [0.3, 0.4) is 0 Å². The van der Waals surface area contributed by atoms with Gasteiger partial charge in [-0.15, -0.1) is 0 Å². The van der Waals surface area contributed by atoms with E-state index in [1.807, 2.05) is 0 Å². The molecule has 3 N–H and O–H groups in total. The highest BCUT2D eigenvalue weighted by atomic mass is 31.2. The van der Waals surface area contributed by atoms with E-state index in [2.05, 4.69) is 48.5 Å². The molecule has 0 aromatic rings. The predicted molar refractivity (Wildman–Crippen MR) is 381 cm³/mol. The average molecular weight is 1380 g/mol. The van der Waals surface area contributed by atoms with Crippen LogP contribution in [0.25, 0.3) is 0 Å². The Morgan fingerprint density at radius 3 is 0.809 bits per heavy atom. The summed E-state index contributed by atoms with van der Waals surface area (Å²) in [5.74, 6) is 0.171. The summed E-state index contributed by atoms with van der Waals surface area (Å²) in [4.78, 5) is 72.8. The zero-order chi connectivity index (χ0) is 69.4. The van der Waals surface area contributed by atoms with Crippen LogP contribution in [-0.4, -0.2) is 96.7 Å². The molecule has 0 saturated carbocycles. The van der Waals surface area contributed by atoms with Crippen molar-refractivity contribution < 1.29 is 80.2 Å².